The van der Waals surface area contributed by atoms with E-state index >= 15 is 0 Å². The maximum absolute atomic E-state index is 13.0. The molecule has 0 bridgehead atoms. The monoisotopic (exact) mass is 447 g/mol. The second-order valence-electron chi connectivity index (χ2n) is 9.26. The number of hydrogen-bond acceptors (Lipinski definition) is 6. The Hall–Kier alpha value is -3.16. The van der Waals surface area contributed by atoms with Gasteiger partial charge in [-0.25, -0.2) is 4.98 Å². The lowest BCUT2D eigenvalue weighted by Gasteiger charge is -2.35. The van der Waals surface area contributed by atoms with Gasteiger partial charge < -0.3 is 15.5 Å². The maximum atomic E-state index is 13.0. The van der Waals surface area contributed by atoms with E-state index in [-0.39, 0.29) is 5.92 Å². The molecule has 1 aliphatic carbocycles. The number of fused-ring (bicyclic) bond motifs is 1. The highest BCUT2D eigenvalue weighted by atomic mass is 16.2. The zero-order chi connectivity index (χ0) is 22.6. The second-order valence-corrected chi connectivity index (χ2v) is 9.26. The smallest absolute Gasteiger partial charge is 0.225 e. The van der Waals surface area contributed by atoms with Gasteiger partial charge in [-0.05, 0) is 37.3 Å². The van der Waals surface area contributed by atoms with E-state index in [9.17, 15) is 4.79 Å². The van der Waals surface area contributed by atoms with E-state index in [2.05, 4.69) is 37.7 Å². The van der Waals surface area contributed by atoms with Crippen LogP contribution in [0.2, 0.25) is 0 Å². The van der Waals surface area contributed by atoms with Crippen molar-refractivity contribution in [2.75, 3.05) is 30.8 Å². The zero-order valence-electron chi connectivity index (χ0n) is 19.3. The number of aromatic nitrogens is 4. The van der Waals surface area contributed by atoms with Crippen LogP contribution in [0.5, 0.6) is 0 Å². The van der Waals surface area contributed by atoms with E-state index in [4.69, 9.17) is 4.98 Å². The Balaban J connectivity index is 1.33. The van der Waals surface area contributed by atoms with Crippen LogP contribution in [-0.4, -0.2) is 50.5 Å². The lowest BCUT2D eigenvalue weighted by atomic mass is 9.86. The van der Waals surface area contributed by atoms with E-state index in [1.165, 1.54) is 19.3 Å². The summed E-state index contributed by atoms with van der Waals surface area (Å²) in [5, 5.41) is 11.3. The lowest BCUT2D eigenvalue weighted by molar-refractivity contribution is -0.137. The average Bonchev–Trinajstić information content (AvgIpc) is 3.31. The SMILES string of the molecule is CNc1cnn2c(NCc3cccnc3)cc(C3CCN(C(=O)C4CCCCC4)CC3)nc12. The van der Waals surface area contributed by atoms with E-state index in [0.29, 0.717) is 18.4 Å². The molecule has 1 saturated carbocycles. The summed E-state index contributed by atoms with van der Waals surface area (Å²) in [6, 6.07) is 6.12. The molecule has 1 amide bonds. The number of carbonyl (C=O) groups excluding carboxylic acids is 1. The van der Waals surface area contributed by atoms with Crippen molar-refractivity contribution in [2.45, 2.75) is 57.4 Å². The number of pyridine rings is 1. The van der Waals surface area contributed by atoms with Crippen LogP contribution in [-0.2, 0) is 11.3 Å². The number of anilines is 2. The van der Waals surface area contributed by atoms with Crippen LogP contribution in [0.15, 0.2) is 36.8 Å². The summed E-state index contributed by atoms with van der Waals surface area (Å²) in [5.74, 6) is 1.88. The van der Waals surface area contributed by atoms with Gasteiger partial charge in [-0.3, -0.25) is 9.78 Å². The molecule has 3 aromatic heterocycles. The van der Waals surface area contributed by atoms with Gasteiger partial charge in [0.05, 0.1) is 11.9 Å². The highest BCUT2D eigenvalue weighted by molar-refractivity contribution is 5.79. The third-order valence-corrected chi connectivity index (χ3v) is 7.14. The number of likely N-dealkylation sites (tertiary alicyclic amines) is 1. The van der Waals surface area contributed by atoms with Crippen LogP contribution in [0.4, 0.5) is 11.5 Å². The quantitative estimate of drug-likeness (QED) is 0.592. The second kappa shape index (κ2) is 9.77. The first-order chi connectivity index (χ1) is 16.2. The minimum atomic E-state index is 0.248. The predicted octanol–water partition coefficient (Wildman–Crippen LogP) is 4.06. The van der Waals surface area contributed by atoms with Gasteiger partial charge in [0, 0.05) is 62.7 Å². The van der Waals surface area contributed by atoms with Gasteiger partial charge in [0.2, 0.25) is 5.91 Å². The Kier molecular flexibility index (Phi) is 6.41. The van der Waals surface area contributed by atoms with Crippen molar-refractivity contribution in [3.63, 3.8) is 0 Å². The summed E-state index contributed by atoms with van der Waals surface area (Å²) in [6.45, 7) is 2.31. The molecule has 174 valence electrons. The summed E-state index contributed by atoms with van der Waals surface area (Å²) >= 11 is 0. The van der Waals surface area contributed by atoms with Gasteiger partial charge in [-0.1, -0.05) is 25.3 Å². The van der Waals surface area contributed by atoms with Crippen molar-refractivity contribution >= 4 is 23.1 Å². The van der Waals surface area contributed by atoms with E-state index in [1.807, 2.05) is 30.0 Å². The van der Waals surface area contributed by atoms with Crippen molar-refractivity contribution in [1.29, 1.82) is 0 Å². The highest BCUT2D eigenvalue weighted by Gasteiger charge is 2.30. The molecule has 8 nitrogen and oxygen atoms in total. The lowest BCUT2D eigenvalue weighted by Crippen LogP contribution is -2.42. The Morgan fingerprint density at radius 2 is 1.94 bits per heavy atom. The van der Waals surface area contributed by atoms with E-state index in [1.54, 1.807) is 6.20 Å². The molecule has 2 fully saturated rings. The Morgan fingerprint density at radius 1 is 1.12 bits per heavy atom. The van der Waals surface area contributed by atoms with Gasteiger partial charge in [0.15, 0.2) is 5.65 Å². The topological polar surface area (TPSA) is 87.5 Å². The molecule has 1 saturated heterocycles. The largest absolute Gasteiger partial charge is 0.384 e. The molecule has 1 aliphatic heterocycles. The number of rotatable bonds is 6. The van der Waals surface area contributed by atoms with Crippen LogP contribution >= 0.6 is 0 Å². The molecule has 3 aromatic rings. The Labute approximate surface area is 194 Å². The highest BCUT2D eigenvalue weighted by Crippen LogP contribution is 2.32. The first kappa shape index (κ1) is 21.7. The van der Waals surface area contributed by atoms with Crippen LogP contribution in [0, 0.1) is 5.92 Å². The van der Waals surface area contributed by atoms with Gasteiger partial charge in [-0.2, -0.15) is 9.61 Å². The van der Waals surface area contributed by atoms with E-state index in [0.717, 1.165) is 67.2 Å². The van der Waals surface area contributed by atoms with Crippen LogP contribution in [0.3, 0.4) is 0 Å². The van der Waals surface area contributed by atoms with Crippen molar-refractivity contribution < 1.29 is 4.79 Å². The molecule has 2 N–H and O–H groups in total. The third kappa shape index (κ3) is 4.65. The first-order valence-electron chi connectivity index (χ1n) is 12.2. The van der Waals surface area contributed by atoms with Gasteiger partial charge >= 0.3 is 0 Å². The molecule has 4 heterocycles. The number of carbonyl (C=O) groups is 1. The number of amides is 1. The van der Waals surface area contributed by atoms with Crippen molar-refractivity contribution in [3.05, 3.63) is 48.0 Å². The normalized spacial score (nSPS) is 17.9. The molecule has 0 aromatic carbocycles. The van der Waals surface area contributed by atoms with Gasteiger partial charge in [0.25, 0.3) is 0 Å². The molecule has 2 aliphatic rings. The molecule has 8 heteroatoms. The predicted molar refractivity (Wildman–Crippen MR) is 129 cm³/mol. The molecular formula is C25H33N7O. The first-order valence-corrected chi connectivity index (χ1v) is 12.2. The number of nitrogens with zero attached hydrogens (tertiary/aromatic N) is 5. The minimum absolute atomic E-state index is 0.248. The summed E-state index contributed by atoms with van der Waals surface area (Å²) in [7, 11) is 1.89. The summed E-state index contributed by atoms with van der Waals surface area (Å²) in [5.41, 5.74) is 3.91. The summed E-state index contributed by atoms with van der Waals surface area (Å²) in [4.78, 5) is 24.3. The minimum Gasteiger partial charge on any atom is -0.384 e. The Bertz CT molecular complexity index is 1080. The third-order valence-electron chi connectivity index (χ3n) is 7.14. The van der Waals surface area contributed by atoms with Crippen LogP contribution in [0.25, 0.3) is 5.65 Å². The zero-order valence-corrected chi connectivity index (χ0v) is 19.3. The van der Waals surface area contributed by atoms with Crippen molar-refractivity contribution in [3.8, 4) is 0 Å². The average molecular weight is 448 g/mol. The van der Waals surface area contributed by atoms with Crippen LogP contribution in [0.1, 0.15) is 62.1 Å². The fourth-order valence-corrected chi connectivity index (χ4v) is 5.19. The van der Waals surface area contributed by atoms with Crippen molar-refractivity contribution in [2.24, 2.45) is 5.92 Å². The fraction of sp³-hybridized carbons (Fsp3) is 0.520. The Morgan fingerprint density at radius 3 is 2.67 bits per heavy atom. The van der Waals surface area contributed by atoms with Crippen LogP contribution < -0.4 is 10.6 Å². The summed E-state index contributed by atoms with van der Waals surface area (Å²) < 4.78 is 1.85. The molecule has 0 unspecified atom stereocenters. The van der Waals surface area contributed by atoms with E-state index < -0.39 is 0 Å². The van der Waals surface area contributed by atoms with Gasteiger partial charge in [-0.15, -0.1) is 0 Å². The number of nitrogens with one attached hydrogen (secondary N) is 2. The maximum Gasteiger partial charge on any atom is 0.225 e. The molecule has 0 spiro atoms. The molecule has 33 heavy (non-hydrogen) atoms. The molecule has 0 radical (unpaired) electrons. The number of hydrogen-bond donors (Lipinski definition) is 2. The standard InChI is InChI=1S/C25H33N7O/c1-26-22-17-29-32-23(28-16-18-6-5-11-27-15-18)14-21(30-24(22)32)19-9-12-31(13-10-19)25(33)20-7-3-2-4-8-20/h5-6,11,14-15,17,19-20,26,28H,2-4,7-10,12-13,16H2,1H3. The summed E-state index contributed by atoms with van der Waals surface area (Å²) in [6.07, 6.45) is 13.2. The molecule has 0 atom stereocenters. The van der Waals surface area contributed by atoms with Gasteiger partial charge in [0.1, 0.15) is 5.82 Å². The number of piperidine rings is 1. The molecular weight excluding hydrogens is 414 g/mol. The fourth-order valence-electron chi connectivity index (χ4n) is 5.19. The molecule has 5 rings (SSSR count). The van der Waals surface area contributed by atoms with Crippen molar-refractivity contribution in [1.82, 2.24) is 24.5 Å².